The van der Waals surface area contributed by atoms with Crippen LogP contribution < -0.4 is 19.5 Å². The van der Waals surface area contributed by atoms with Crippen molar-refractivity contribution >= 4 is 5.91 Å². The van der Waals surface area contributed by atoms with Gasteiger partial charge in [-0.05, 0) is 42.3 Å². The largest absolute Gasteiger partial charge is 0.494 e. The van der Waals surface area contributed by atoms with E-state index in [0.717, 1.165) is 23.3 Å². The minimum absolute atomic E-state index is 0.0656. The van der Waals surface area contributed by atoms with Gasteiger partial charge in [-0.25, -0.2) is 0 Å². The molecular formula is C23H24N2O6. The summed E-state index contributed by atoms with van der Waals surface area (Å²) >= 11 is 0. The van der Waals surface area contributed by atoms with Crippen LogP contribution in [0.3, 0.4) is 0 Å². The number of amides is 1. The van der Waals surface area contributed by atoms with Crippen molar-refractivity contribution in [1.82, 2.24) is 10.5 Å². The number of benzene rings is 2. The zero-order valence-corrected chi connectivity index (χ0v) is 17.3. The van der Waals surface area contributed by atoms with Crippen LogP contribution in [-0.4, -0.2) is 31.1 Å². The lowest BCUT2D eigenvalue weighted by Gasteiger charge is -2.07. The summed E-state index contributed by atoms with van der Waals surface area (Å²) < 4.78 is 27.1. The van der Waals surface area contributed by atoms with E-state index in [1.165, 1.54) is 0 Å². The molecule has 0 unspecified atom stereocenters. The lowest BCUT2D eigenvalue weighted by Crippen LogP contribution is -2.27. The molecule has 0 atom stereocenters. The van der Waals surface area contributed by atoms with Gasteiger partial charge < -0.3 is 28.8 Å². The van der Waals surface area contributed by atoms with E-state index in [1.54, 1.807) is 6.07 Å². The van der Waals surface area contributed by atoms with Gasteiger partial charge in [-0.2, -0.15) is 0 Å². The van der Waals surface area contributed by atoms with E-state index < -0.39 is 0 Å². The second kappa shape index (κ2) is 9.99. The Labute approximate surface area is 180 Å². The van der Waals surface area contributed by atoms with Crippen molar-refractivity contribution in [1.29, 1.82) is 0 Å². The van der Waals surface area contributed by atoms with Crippen molar-refractivity contribution in [2.24, 2.45) is 0 Å². The molecule has 0 saturated carbocycles. The third kappa shape index (κ3) is 5.55. The zero-order valence-electron chi connectivity index (χ0n) is 17.3. The zero-order chi connectivity index (χ0) is 21.5. The van der Waals surface area contributed by atoms with Gasteiger partial charge in [0.25, 0.3) is 0 Å². The van der Waals surface area contributed by atoms with Crippen LogP contribution in [0, 0.1) is 0 Å². The summed E-state index contributed by atoms with van der Waals surface area (Å²) in [4.78, 5) is 12.0. The van der Waals surface area contributed by atoms with Crippen LogP contribution in [0.5, 0.6) is 17.2 Å². The normalized spacial score (nSPS) is 12.0. The van der Waals surface area contributed by atoms with Gasteiger partial charge in [0.05, 0.1) is 13.2 Å². The molecule has 2 aromatic carbocycles. The second-order valence-electron chi connectivity index (χ2n) is 7.01. The summed E-state index contributed by atoms with van der Waals surface area (Å²) in [6.45, 7) is 3.50. The quantitative estimate of drug-likeness (QED) is 0.531. The Morgan fingerprint density at radius 1 is 1.10 bits per heavy atom. The van der Waals surface area contributed by atoms with E-state index in [9.17, 15) is 4.79 Å². The van der Waals surface area contributed by atoms with Crippen LogP contribution in [0.25, 0.3) is 11.3 Å². The van der Waals surface area contributed by atoms with Gasteiger partial charge in [0.2, 0.25) is 12.7 Å². The van der Waals surface area contributed by atoms with Gasteiger partial charge in [0.1, 0.15) is 18.1 Å². The Morgan fingerprint density at radius 2 is 1.94 bits per heavy atom. The van der Waals surface area contributed by atoms with E-state index >= 15 is 0 Å². The molecule has 3 aromatic rings. The van der Waals surface area contributed by atoms with Gasteiger partial charge in [-0.15, -0.1) is 0 Å². The predicted octanol–water partition coefficient (Wildman–Crippen LogP) is 3.69. The summed E-state index contributed by atoms with van der Waals surface area (Å²) in [7, 11) is 0. The average Bonchev–Trinajstić information content (AvgIpc) is 3.46. The number of ether oxygens (including phenoxy) is 4. The Morgan fingerprint density at radius 3 is 2.77 bits per heavy atom. The maximum absolute atomic E-state index is 12.0. The van der Waals surface area contributed by atoms with Crippen LogP contribution in [0.15, 0.2) is 53.1 Å². The fraction of sp³-hybridized carbons (Fsp3) is 0.304. The Bertz CT molecular complexity index is 1020. The van der Waals surface area contributed by atoms with Gasteiger partial charge in [-0.1, -0.05) is 24.2 Å². The molecule has 0 radical (unpaired) electrons. The van der Waals surface area contributed by atoms with Gasteiger partial charge in [-0.3, -0.25) is 4.79 Å². The third-order valence-corrected chi connectivity index (χ3v) is 4.59. The minimum Gasteiger partial charge on any atom is -0.494 e. The highest BCUT2D eigenvalue weighted by molar-refractivity contribution is 5.77. The van der Waals surface area contributed by atoms with Crippen LogP contribution in [0.1, 0.15) is 24.6 Å². The molecule has 8 nitrogen and oxygen atoms in total. The molecule has 0 spiro atoms. The maximum Gasteiger partial charge on any atom is 0.246 e. The molecule has 31 heavy (non-hydrogen) atoms. The SMILES string of the molecule is CCCOc1ccc(CNC(=O)COCc2cc(-c3ccc4c(c3)OCO4)on2)cc1. The first-order chi connectivity index (χ1) is 15.2. The first kappa shape index (κ1) is 20.7. The Kier molecular flexibility index (Phi) is 6.68. The first-order valence-electron chi connectivity index (χ1n) is 10.1. The molecule has 1 aromatic heterocycles. The van der Waals surface area contributed by atoms with Crippen LogP contribution in [0.4, 0.5) is 0 Å². The molecule has 162 valence electrons. The number of nitrogens with zero attached hydrogens (tertiary/aromatic N) is 1. The highest BCUT2D eigenvalue weighted by Crippen LogP contribution is 2.36. The third-order valence-electron chi connectivity index (χ3n) is 4.59. The summed E-state index contributed by atoms with van der Waals surface area (Å²) in [5, 5.41) is 6.82. The van der Waals surface area contributed by atoms with Gasteiger partial charge >= 0.3 is 0 Å². The van der Waals surface area contributed by atoms with Crippen molar-refractivity contribution in [3.05, 3.63) is 59.8 Å². The molecule has 1 amide bonds. The van der Waals surface area contributed by atoms with Crippen LogP contribution in [0.2, 0.25) is 0 Å². The number of rotatable bonds is 10. The molecule has 2 heterocycles. The average molecular weight is 424 g/mol. The van der Waals surface area contributed by atoms with Crippen LogP contribution >= 0.6 is 0 Å². The fourth-order valence-electron chi connectivity index (χ4n) is 2.99. The van der Waals surface area contributed by atoms with E-state index in [2.05, 4.69) is 17.4 Å². The molecule has 1 aliphatic rings. The van der Waals surface area contributed by atoms with Crippen molar-refractivity contribution < 1.29 is 28.3 Å². The number of carbonyl (C=O) groups is 1. The number of hydrogen-bond acceptors (Lipinski definition) is 7. The number of fused-ring (bicyclic) bond motifs is 1. The maximum atomic E-state index is 12.0. The van der Waals surface area contributed by atoms with Crippen molar-refractivity contribution in [2.45, 2.75) is 26.5 Å². The predicted molar refractivity (Wildman–Crippen MR) is 112 cm³/mol. The first-order valence-corrected chi connectivity index (χ1v) is 10.1. The molecule has 1 aliphatic heterocycles. The van der Waals surface area contributed by atoms with Gasteiger partial charge in [0, 0.05) is 18.2 Å². The Balaban J connectivity index is 1.19. The smallest absolute Gasteiger partial charge is 0.246 e. The molecule has 1 N–H and O–H groups in total. The monoisotopic (exact) mass is 424 g/mol. The number of aromatic nitrogens is 1. The molecular weight excluding hydrogens is 400 g/mol. The topological polar surface area (TPSA) is 92.1 Å². The van der Waals surface area contributed by atoms with Crippen molar-refractivity contribution in [3.63, 3.8) is 0 Å². The number of nitrogens with one attached hydrogen (secondary N) is 1. The van der Waals surface area contributed by atoms with Gasteiger partial charge in [0.15, 0.2) is 17.3 Å². The van der Waals surface area contributed by atoms with E-state index in [4.69, 9.17) is 23.5 Å². The van der Waals surface area contributed by atoms with Crippen molar-refractivity contribution in [3.8, 4) is 28.6 Å². The molecule has 8 heteroatoms. The molecule has 4 rings (SSSR count). The number of hydrogen-bond donors (Lipinski definition) is 1. The molecule has 0 aliphatic carbocycles. The lowest BCUT2D eigenvalue weighted by molar-refractivity contribution is -0.126. The molecule has 0 fully saturated rings. The summed E-state index contributed by atoms with van der Waals surface area (Å²) in [5.74, 6) is 2.59. The standard InChI is InChI=1S/C23H24N2O6/c1-2-9-28-19-6-3-16(4-7-19)12-24-23(26)14-27-13-18-11-21(31-25-18)17-5-8-20-22(10-17)30-15-29-20/h3-8,10-11H,2,9,12-15H2,1H3,(H,24,26). The van der Waals surface area contributed by atoms with Crippen LogP contribution in [-0.2, 0) is 22.7 Å². The minimum atomic E-state index is -0.203. The second-order valence-corrected chi connectivity index (χ2v) is 7.01. The summed E-state index contributed by atoms with van der Waals surface area (Å²) in [5.41, 5.74) is 2.41. The molecule has 0 bridgehead atoms. The highest BCUT2D eigenvalue weighted by Gasteiger charge is 2.16. The summed E-state index contributed by atoms with van der Waals surface area (Å²) in [6.07, 6.45) is 0.964. The van der Waals surface area contributed by atoms with Crippen molar-refractivity contribution in [2.75, 3.05) is 20.0 Å². The summed E-state index contributed by atoms with van der Waals surface area (Å²) in [6, 6.07) is 15.0. The fourth-order valence-corrected chi connectivity index (χ4v) is 2.99. The molecule has 0 saturated heterocycles. The highest BCUT2D eigenvalue weighted by atomic mass is 16.7. The Hall–Kier alpha value is -3.52. The lowest BCUT2D eigenvalue weighted by atomic mass is 10.1. The van der Waals surface area contributed by atoms with E-state index in [1.807, 2.05) is 42.5 Å². The van der Waals surface area contributed by atoms with E-state index in [0.29, 0.717) is 36.1 Å². The van der Waals surface area contributed by atoms with E-state index in [-0.39, 0.29) is 25.9 Å². The number of carbonyl (C=O) groups excluding carboxylic acids is 1.